The van der Waals surface area contributed by atoms with Crippen LogP contribution in [0.2, 0.25) is 0 Å². The van der Waals surface area contributed by atoms with Crippen LogP contribution in [0.4, 0.5) is 5.69 Å². The van der Waals surface area contributed by atoms with Crippen LogP contribution in [0.5, 0.6) is 5.75 Å². The van der Waals surface area contributed by atoms with Crippen LogP contribution in [0.1, 0.15) is 25.0 Å². The summed E-state index contributed by atoms with van der Waals surface area (Å²) in [5.41, 5.74) is 8.70. The van der Waals surface area contributed by atoms with E-state index in [-0.39, 0.29) is 0 Å². The summed E-state index contributed by atoms with van der Waals surface area (Å²) in [6.07, 6.45) is 3.92. The number of anilines is 1. The predicted octanol–water partition coefficient (Wildman–Crippen LogP) is 3.30. The first-order chi connectivity index (χ1) is 8.74. The molecule has 1 aromatic carbocycles. The molecule has 2 aromatic rings. The molecular formula is C15H18N2O. The molecule has 0 saturated heterocycles. The van der Waals surface area contributed by atoms with Gasteiger partial charge in [0, 0.05) is 11.4 Å². The Balaban J connectivity index is 1.95. The maximum atomic E-state index is 6.09. The highest BCUT2D eigenvalue weighted by molar-refractivity contribution is 5.95. The first kappa shape index (κ1) is 11.3. The summed E-state index contributed by atoms with van der Waals surface area (Å²) in [6, 6.07) is 7.84. The Labute approximate surface area is 107 Å². The number of hydrogen-bond donors (Lipinski definition) is 1. The van der Waals surface area contributed by atoms with Crippen molar-refractivity contribution in [3.63, 3.8) is 0 Å². The minimum Gasteiger partial charge on any atom is -0.493 e. The van der Waals surface area contributed by atoms with Crippen molar-refractivity contribution < 1.29 is 4.74 Å². The second-order valence-corrected chi connectivity index (χ2v) is 5.11. The van der Waals surface area contributed by atoms with Gasteiger partial charge >= 0.3 is 0 Å². The molecule has 0 amide bonds. The van der Waals surface area contributed by atoms with E-state index in [1.165, 1.54) is 19.3 Å². The standard InChI is InChI=1S/C15H18N2O/c1-10-8-12(16)15-13(17-10)6-3-7-14(15)18-9-11-4-2-5-11/h3,6-8,11H,2,4-5,9H2,1H3,(H2,16,17). The van der Waals surface area contributed by atoms with Crippen LogP contribution < -0.4 is 10.5 Å². The number of rotatable bonds is 3. The number of nitrogen functional groups attached to an aromatic ring is 1. The van der Waals surface area contributed by atoms with Gasteiger partial charge in [-0.05, 0) is 43.9 Å². The molecule has 3 nitrogen and oxygen atoms in total. The highest BCUT2D eigenvalue weighted by Gasteiger charge is 2.18. The zero-order valence-electron chi connectivity index (χ0n) is 10.6. The molecule has 1 fully saturated rings. The van der Waals surface area contributed by atoms with Crippen LogP contribution in [-0.4, -0.2) is 11.6 Å². The maximum Gasteiger partial charge on any atom is 0.130 e. The summed E-state index contributed by atoms with van der Waals surface area (Å²) < 4.78 is 5.92. The highest BCUT2D eigenvalue weighted by Crippen LogP contribution is 2.32. The number of fused-ring (bicyclic) bond motifs is 1. The summed E-state index contributed by atoms with van der Waals surface area (Å²) in [6.45, 7) is 2.75. The Bertz CT molecular complexity index is 576. The lowest BCUT2D eigenvalue weighted by Crippen LogP contribution is -2.19. The lowest BCUT2D eigenvalue weighted by atomic mass is 9.86. The molecule has 1 aliphatic carbocycles. The second-order valence-electron chi connectivity index (χ2n) is 5.11. The number of benzene rings is 1. The Morgan fingerprint density at radius 3 is 2.94 bits per heavy atom. The third-order valence-electron chi connectivity index (χ3n) is 3.65. The second kappa shape index (κ2) is 4.48. The number of aromatic nitrogens is 1. The lowest BCUT2D eigenvalue weighted by molar-refractivity contribution is 0.182. The van der Waals surface area contributed by atoms with Crippen molar-refractivity contribution in [1.82, 2.24) is 4.98 Å². The molecular weight excluding hydrogens is 224 g/mol. The zero-order chi connectivity index (χ0) is 12.5. The monoisotopic (exact) mass is 242 g/mol. The van der Waals surface area contributed by atoms with Gasteiger partial charge in [-0.1, -0.05) is 12.5 Å². The number of ether oxygens (including phenoxy) is 1. The van der Waals surface area contributed by atoms with Crippen LogP contribution in [0.25, 0.3) is 10.9 Å². The number of pyridine rings is 1. The molecule has 1 aromatic heterocycles. The Morgan fingerprint density at radius 1 is 1.39 bits per heavy atom. The smallest absolute Gasteiger partial charge is 0.130 e. The Morgan fingerprint density at radius 2 is 2.22 bits per heavy atom. The van der Waals surface area contributed by atoms with Crippen LogP contribution in [-0.2, 0) is 0 Å². The lowest BCUT2D eigenvalue weighted by Gasteiger charge is -2.25. The molecule has 2 N–H and O–H groups in total. The van der Waals surface area contributed by atoms with Gasteiger partial charge in [-0.25, -0.2) is 0 Å². The van der Waals surface area contributed by atoms with Crippen LogP contribution in [0.15, 0.2) is 24.3 Å². The van der Waals surface area contributed by atoms with E-state index in [2.05, 4.69) is 4.98 Å². The Kier molecular flexibility index (Phi) is 2.82. The van der Waals surface area contributed by atoms with Crippen molar-refractivity contribution in [2.24, 2.45) is 5.92 Å². The van der Waals surface area contributed by atoms with Gasteiger partial charge in [-0.2, -0.15) is 0 Å². The average molecular weight is 242 g/mol. The number of hydrogen-bond acceptors (Lipinski definition) is 3. The fourth-order valence-corrected chi connectivity index (χ4v) is 2.41. The molecule has 0 spiro atoms. The van der Waals surface area contributed by atoms with Crippen LogP contribution in [0, 0.1) is 12.8 Å². The van der Waals surface area contributed by atoms with E-state index in [1.54, 1.807) is 0 Å². The molecule has 0 bridgehead atoms. The van der Waals surface area contributed by atoms with Crippen molar-refractivity contribution in [3.8, 4) is 5.75 Å². The predicted molar refractivity (Wildman–Crippen MR) is 73.7 cm³/mol. The van der Waals surface area contributed by atoms with Crippen molar-refractivity contribution in [2.45, 2.75) is 26.2 Å². The fraction of sp³-hybridized carbons (Fsp3) is 0.400. The molecule has 18 heavy (non-hydrogen) atoms. The normalized spacial score (nSPS) is 15.6. The molecule has 1 saturated carbocycles. The van der Waals surface area contributed by atoms with Gasteiger partial charge in [0.15, 0.2) is 0 Å². The molecule has 1 aliphatic rings. The van der Waals surface area contributed by atoms with E-state index < -0.39 is 0 Å². The van der Waals surface area contributed by atoms with Crippen LogP contribution >= 0.6 is 0 Å². The van der Waals surface area contributed by atoms with E-state index in [0.717, 1.165) is 40.6 Å². The minimum absolute atomic E-state index is 0.722. The van der Waals surface area contributed by atoms with Crippen molar-refractivity contribution in [2.75, 3.05) is 12.3 Å². The topological polar surface area (TPSA) is 48.1 Å². The summed E-state index contributed by atoms with van der Waals surface area (Å²) in [5.74, 6) is 1.59. The van der Waals surface area contributed by atoms with E-state index in [9.17, 15) is 0 Å². The first-order valence-corrected chi connectivity index (χ1v) is 6.52. The maximum absolute atomic E-state index is 6.09. The van der Waals surface area contributed by atoms with Gasteiger partial charge in [-0.3, -0.25) is 4.98 Å². The van der Waals surface area contributed by atoms with E-state index >= 15 is 0 Å². The molecule has 1 heterocycles. The van der Waals surface area contributed by atoms with Gasteiger partial charge < -0.3 is 10.5 Å². The van der Waals surface area contributed by atoms with E-state index in [4.69, 9.17) is 10.5 Å². The molecule has 94 valence electrons. The van der Waals surface area contributed by atoms with Crippen molar-refractivity contribution >= 4 is 16.6 Å². The number of aryl methyl sites for hydroxylation is 1. The molecule has 3 rings (SSSR count). The SMILES string of the molecule is Cc1cc(N)c2c(OCC3CCC3)cccc2n1. The van der Waals surface area contributed by atoms with Crippen molar-refractivity contribution in [3.05, 3.63) is 30.0 Å². The third-order valence-corrected chi connectivity index (χ3v) is 3.65. The van der Waals surface area contributed by atoms with Crippen LogP contribution in [0.3, 0.4) is 0 Å². The van der Waals surface area contributed by atoms with E-state index in [1.807, 2.05) is 31.2 Å². The van der Waals surface area contributed by atoms with Gasteiger partial charge in [0.25, 0.3) is 0 Å². The van der Waals surface area contributed by atoms with Crippen molar-refractivity contribution in [1.29, 1.82) is 0 Å². The quantitative estimate of drug-likeness (QED) is 0.898. The number of nitrogens with zero attached hydrogens (tertiary/aromatic N) is 1. The molecule has 3 heteroatoms. The zero-order valence-corrected chi connectivity index (χ0v) is 10.6. The van der Waals surface area contributed by atoms with Gasteiger partial charge in [-0.15, -0.1) is 0 Å². The molecule has 0 radical (unpaired) electrons. The Hall–Kier alpha value is -1.77. The van der Waals surface area contributed by atoms with Gasteiger partial charge in [0.2, 0.25) is 0 Å². The van der Waals surface area contributed by atoms with E-state index in [0.29, 0.717) is 0 Å². The summed E-state index contributed by atoms with van der Waals surface area (Å²) >= 11 is 0. The largest absolute Gasteiger partial charge is 0.493 e. The van der Waals surface area contributed by atoms with Gasteiger partial charge in [0.1, 0.15) is 5.75 Å². The molecule has 0 atom stereocenters. The first-order valence-electron chi connectivity index (χ1n) is 6.52. The summed E-state index contributed by atoms with van der Waals surface area (Å²) in [5, 5.41) is 0.947. The summed E-state index contributed by atoms with van der Waals surface area (Å²) in [7, 11) is 0. The summed E-state index contributed by atoms with van der Waals surface area (Å²) in [4.78, 5) is 4.50. The molecule has 0 aliphatic heterocycles. The average Bonchev–Trinajstić information content (AvgIpc) is 2.26. The minimum atomic E-state index is 0.722. The number of nitrogens with two attached hydrogens (primary N) is 1. The fourth-order valence-electron chi connectivity index (χ4n) is 2.41. The molecule has 0 unspecified atom stereocenters. The van der Waals surface area contributed by atoms with Gasteiger partial charge in [0.05, 0.1) is 17.5 Å². The third kappa shape index (κ3) is 2.01. The highest BCUT2D eigenvalue weighted by atomic mass is 16.5.